The van der Waals surface area contributed by atoms with Crippen LogP contribution in [0.1, 0.15) is 16.1 Å². The predicted molar refractivity (Wildman–Crippen MR) is 115 cm³/mol. The summed E-state index contributed by atoms with van der Waals surface area (Å²) in [7, 11) is 1.80. The fourth-order valence-corrected chi connectivity index (χ4v) is 3.55. The summed E-state index contributed by atoms with van der Waals surface area (Å²) in [6.07, 6.45) is 1.68. The minimum absolute atomic E-state index is 0.0968. The van der Waals surface area contributed by atoms with Crippen molar-refractivity contribution in [1.82, 2.24) is 14.9 Å². The molecule has 1 aromatic heterocycles. The van der Waals surface area contributed by atoms with Gasteiger partial charge in [-0.15, -0.1) is 0 Å². The Balaban J connectivity index is 1.40. The summed E-state index contributed by atoms with van der Waals surface area (Å²) in [6, 6.07) is 22.1. The molecule has 29 heavy (non-hydrogen) atoms. The predicted octanol–water partition coefficient (Wildman–Crippen LogP) is 3.08. The first-order valence-electron chi connectivity index (χ1n) is 9.88. The molecule has 0 radical (unpaired) electrons. The second-order valence-electron chi connectivity index (χ2n) is 7.20. The number of piperazine rings is 1. The smallest absolute Gasteiger partial charge is 0.272 e. The second kappa shape index (κ2) is 8.73. The van der Waals surface area contributed by atoms with E-state index < -0.39 is 0 Å². The lowest BCUT2D eigenvalue weighted by molar-refractivity contribution is 0.0779. The van der Waals surface area contributed by atoms with Gasteiger partial charge in [0.2, 0.25) is 5.95 Å². The zero-order chi connectivity index (χ0) is 20.1. The van der Waals surface area contributed by atoms with Crippen LogP contribution in [0.2, 0.25) is 0 Å². The van der Waals surface area contributed by atoms with Crippen LogP contribution in [0.15, 0.2) is 72.9 Å². The van der Waals surface area contributed by atoms with Gasteiger partial charge in [0, 0.05) is 51.7 Å². The molecule has 1 amide bonds. The molecule has 2 heterocycles. The average Bonchev–Trinajstić information content (AvgIpc) is 2.80. The Morgan fingerprint density at radius 1 is 0.897 bits per heavy atom. The van der Waals surface area contributed by atoms with Crippen molar-refractivity contribution in [3.05, 3.63) is 84.2 Å². The van der Waals surface area contributed by atoms with Crippen LogP contribution in [-0.4, -0.2) is 54.0 Å². The minimum atomic E-state index is -0.0968. The molecule has 148 valence electrons. The largest absolute Gasteiger partial charge is 0.368 e. The molecule has 6 heteroatoms. The molecule has 0 atom stereocenters. The molecule has 6 nitrogen and oxygen atoms in total. The van der Waals surface area contributed by atoms with Gasteiger partial charge in [0.15, 0.2) is 0 Å². The average molecular weight is 387 g/mol. The van der Waals surface area contributed by atoms with E-state index >= 15 is 0 Å². The van der Waals surface area contributed by atoms with Crippen molar-refractivity contribution in [3.8, 4) is 0 Å². The van der Waals surface area contributed by atoms with E-state index in [0.29, 0.717) is 18.2 Å². The summed E-state index contributed by atoms with van der Waals surface area (Å²) in [6.45, 7) is 4.01. The number of carbonyl (C=O) groups excluding carboxylic acids is 1. The molecule has 3 aromatic rings. The van der Waals surface area contributed by atoms with Crippen molar-refractivity contribution in [2.45, 2.75) is 6.54 Å². The van der Waals surface area contributed by atoms with Gasteiger partial charge in [-0.25, -0.2) is 9.97 Å². The number of nitrogens with zero attached hydrogens (tertiary/aromatic N) is 5. The highest BCUT2D eigenvalue weighted by Gasteiger charge is 2.21. The van der Waals surface area contributed by atoms with Gasteiger partial charge >= 0.3 is 0 Å². The second-order valence-corrected chi connectivity index (χ2v) is 7.20. The number of aromatic nitrogens is 2. The van der Waals surface area contributed by atoms with E-state index in [4.69, 9.17) is 0 Å². The molecule has 0 unspecified atom stereocenters. The molecule has 1 aliphatic heterocycles. The van der Waals surface area contributed by atoms with Gasteiger partial charge in [-0.05, 0) is 23.8 Å². The van der Waals surface area contributed by atoms with Crippen LogP contribution in [0.4, 0.5) is 11.6 Å². The van der Waals surface area contributed by atoms with Crippen LogP contribution in [0.25, 0.3) is 0 Å². The standard InChI is InChI=1S/C23H25N5O/c1-26(18-19-8-4-2-5-9-19)22(29)21-12-13-24-23(25-21)28-16-14-27(15-17-28)20-10-6-3-7-11-20/h2-13H,14-18H2,1H3. The summed E-state index contributed by atoms with van der Waals surface area (Å²) in [4.78, 5) is 28.0. The van der Waals surface area contributed by atoms with Crippen molar-refractivity contribution in [3.63, 3.8) is 0 Å². The van der Waals surface area contributed by atoms with E-state index in [0.717, 1.165) is 31.7 Å². The van der Waals surface area contributed by atoms with Crippen molar-refractivity contribution in [1.29, 1.82) is 0 Å². The molecule has 1 saturated heterocycles. The third-order valence-electron chi connectivity index (χ3n) is 5.16. The van der Waals surface area contributed by atoms with E-state index in [2.05, 4.69) is 44.0 Å². The van der Waals surface area contributed by atoms with Gasteiger partial charge in [-0.1, -0.05) is 48.5 Å². The van der Waals surface area contributed by atoms with Gasteiger partial charge in [-0.2, -0.15) is 0 Å². The van der Waals surface area contributed by atoms with Crippen LogP contribution < -0.4 is 9.80 Å². The van der Waals surface area contributed by atoms with Gasteiger partial charge in [-0.3, -0.25) is 4.79 Å². The van der Waals surface area contributed by atoms with Crippen molar-refractivity contribution >= 4 is 17.5 Å². The van der Waals surface area contributed by atoms with Crippen LogP contribution in [-0.2, 0) is 6.54 Å². The van der Waals surface area contributed by atoms with Crippen LogP contribution >= 0.6 is 0 Å². The lowest BCUT2D eigenvalue weighted by atomic mass is 10.2. The molecule has 0 aliphatic carbocycles. The Labute approximate surface area is 171 Å². The maximum absolute atomic E-state index is 12.8. The molecule has 0 saturated carbocycles. The number of rotatable bonds is 5. The molecule has 1 aliphatic rings. The van der Waals surface area contributed by atoms with Crippen LogP contribution in [0, 0.1) is 0 Å². The Morgan fingerprint density at radius 3 is 2.21 bits per heavy atom. The zero-order valence-corrected chi connectivity index (χ0v) is 16.6. The lowest BCUT2D eigenvalue weighted by Gasteiger charge is -2.36. The van der Waals surface area contributed by atoms with Crippen molar-refractivity contribution < 1.29 is 4.79 Å². The third kappa shape index (κ3) is 4.54. The zero-order valence-electron chi connectivity index (χ0n) is 16.6. The van der Waals surface area contributed by atoms with Gasteiger partial charge in [0.05, 0.1) is 0 Å². The van der Waals surface area contributed by atoms with Crippen molar-refractivity contribution in [2.75, 3.05) is 43.0 Å². The number of hydrogen-bond acceptors (Lipinski definition) is 5. The van der Waals surface area contributed by atoms with Crippen LogP contribution in [0.3, 0.4) is 0 Å². The molecule has 0 bridgehead atoms. The Morgan fingerprint density at radius 2 is 1.52 bits per heavy atom. The summed E-state index contributed by atoms with van der Waals surface area (Å²) in [5.41, 5.74) is 2.76. The fraction of sp³-hybridized carbons (Fsp3) is 0.261. The number of hydrogen-bond donors (Lipinski definition) is 0. The van der Waals surface area contributed by atoms with E-state index in [1.807, 2.05) is 36.4 Å². The first kappa shape index (κ1) is 18.9. The molecule has 1 fully saturated rings. The van der Waals surface area contributed by atoms with E-state index in [-0.39, 0.29) is 5.91 Å². The monoisotopic (exact) mass is 387 g/mol. The highest BCUT2D eigenvalue weighted by atomic mass is 16.2. The van der Waals surface area contributed by atoms with Crippen molar-refractivity contribution in [2.24, 2.45) is 0 Å². The highest BCUT2D eigenvalue weighted by Crippen LogP contribution is 2.18. The normalized spacial score (nSPS) is 14.0. The summed E-state index contributed by atoms with van der Waals surface area (Å²) in [5, 5.41) is 0. The Hall–Kier alpha value is -3.41. The minimum Gasteiger partial charge on any atom is -0.368 e. The summed E-state index contributed by atoms with van der Waals surface area (Å²) < 4.78 is 0. The molecule has 2 aromatic carbocycles. The fourth-order valence-electron chi connectivity index (χ4n) is 3.55. The Bertz CT molecular complexity index is 940. The SMILES string of the molecule is CN(Cc1ccccc1)C(=O)c1ccnc(N2CCN(c3ccccc3)CC2)n1. The molecular formula is C23H25N5O. The molecule has 0 N–H and O–H groups in total. The topological polar surface area (TPSA) is 52.6 Å². The summed E-state index contributed by atoms with van der Waals surface area (Å²) >= 11 is 0. The summed E-state index contributed by atoms with van der Waals surface area (Å²) in [5.74, 6) is 0.525. The van der Waals surface area contributed by atoms with Gasteiger partial charge in [0.25, 0.3) is 5.91 Å². The highest BCUT2D eigenvalue weighted by molar-refractivity contribution is 5.92. The van der Waals surface area contributed by atoms with E-state index in [1.54, 1.807) is 24.2 Å². The number of amides is 1. The van der Waals surface area contributed by atoms with E-state index in [9.17, 15) is 4.79 Å². The third-order valence-corrected chi connectivity index (χ3v) is 5.16. The van der Waals surface area contributed by atoms with Gasteiger partial charge < -0.3 is 14.7 Å². The number of benzene rings is 2. The molecular weight excluding hydrogens is 362 g/mol. The first-order valence-corrected chi connectivity index (χ1v) is 9.88. The van der Waals surface area contributed by atoms with Gasteiger partial charge in [0.1, 0.15) is 5.69 Å². The molecule has 0 spiro atoms. The number of anilines is 2. The lowest BCUT2D eigenvalue weighted by Crippen LogP contribution is -2.47. The Kier molecular flexibility index (Phi) is 5.70. The first-order chi connectivity index (χ1) is 14.2. The van der Waals surface area contributed by atoms with Crippen LogP contribution in [0.5, 0.6) is 0 Å². The van der Waals surface area contributed by atoms with E-state index in [1.165, 1.54) is 5.69 Å². The number of para-hydroxylation sites is 1. The maximum Gasteiger partial charge on any atom is 0.272 e. The maximum atomic E-state index is 12.8. The number of carbonyl (C=O) groups is 1. The quantitative estimate of drug-likeness (QED) is 0.673. The molecule has 4 rings (SSSR count).